The van der Waals surface area contributed by atoms with Crippen molar-refractivity contribution in [2.24, 2.45) is 0 Å². The van der Waals surface area contributed by atoms with Crippen LogP contribution in [0.1, 0.15) is 0 Å². The maximum Gasteiger partial charge on any atom is 0.537 e. The Morgan fingerprint density at radius 1 is 1.88 bits per heavy atom. The lowest BCUT2D eigenvalue weighted by atomic mass is 11.4. The first kappa shape index (κ1) is 7.58. The first-order chi connectivity index (χ1) is 3.77. The van der Waals surface area contributed by atoms with E-state index in [2.05, 4.69) is 9.78 Å². The van der Waals surface area contributed by atoms with Gasteiger partial charge in [-0.2, -0.15) is 4.89 Å². The van der Waals surface area contributed by atoms with Gasteiger partial charge in [-0.3, -0.25) is 4.89 Å². The summed E-state index contributed by atoms with van der Waals surface area (Å²) in [6.45, 7) is 0. The van der Waals surface area contributed by atoms with Gasteiger partial charge in [-0.05, 0) is 6.26 Å². The summed E-state index contributed by atoms with van der Waals surface area (Å²) >= 11 is 1.33. The lowest BCUT2D eigenvalue weighted by Gasteiger charge is -1.93. The topological polar surface area (TPSA) is 55.8 Å². The van der Waals surface area contributed by atoms with Gasteiger partial charge >= 0.3 is 6.16 Å². The first-order valence-electron chi connectivity index (χ1n) is 1.78. The van der Waals surface area contributed by atoms with Crippen molar-refractivity contribution in [1.82, 2.24) is 0 Å². The molecular weight excluding hydrogens is 132 g/mol. The van der Waals surface area contributed by atoms with Crippen LogP contribution in [0.25, 0.3) is 0 Å². The van der Waals surface area contributed by atoms with Crippen LogP contribution in [0.15, 0.2) is 0 Å². The van der Waals surface area contributed by atoms with Crippen LogP contribution in [-0.2, 0) is 9.78 Å². The molecule has 0 spiro atoms. The van der Waals surface area contributed by atoms with E-state index >= 15 is 0 Å². The van der Waals surface area contributed by atoms with Gasteiger partial charge in [0.2, 0.25) is 0 Å². The molecule has 0 aromatic carbocycles. The van der Waals surface area contributed by atoms with E-state index in [1.807, 2.05) is 0 Å². The summed E-state index contributed by atoms with van der Waals surface area (Å²) in [5.74, 6) is 0.228. The molecule has 0 aromatic heterocycles. The minimum absolute atomic E-state index is 0.228. The second-order valence-electron chi connectivity index (χ2n) is 0.874. The van der Waals surface area contributed by atoms with E-state index in [1.54, 1.807) is 6.26 Å². The van der Waals surface area contributed by atoms with Crippen molar-refractivity contribution in [3.63, 3.8) is 0 Å². The third-order valence-corrected chi connectivity index (χ3v) is 0.628. The Morgan fingerprint density at radius 2 is 2.50 bits per heavy atom. The van der Waals surface area contributed by atoms with Crippen molar-refractivity contribution < 1.29 is 19.7 Å². The van der Waals surface area contributed by atoms with Crippen LogP contribution in [0.2, 0.25) is 0 Å². The largest absolute Gasteiger partial charge is 0.537 e. The van der Waals surface area contributed by atoms with Crippen molar-refractivity contribution in [3.05, 3.63) is 0 Å². The number of hydrogen-bond acceptors (Lipinski definition) is 4. The van der Waals surface area contributed by atoms with Crippen LogP contribution in [0.3, 0.4) is 0 Å². The van der Waals surface area contributed by atoms with Gasteiger partial charge in [0.1, 0.15) is 5.94 Å². The standard InChI is InChI=1S/C3H6O4S/c1-8-2-6-7-3(4)5/h2H2,1H3,(H,4,5). The Balaban J connectivity index is 2.82. The van der Waals surface area contributed by atoms with Gasteiger partial charge in [-0.1, -0.05) is 0 Å². The fraction of sp³-hybridized carbons (Fsp3) is 0.667. The minimum Gasteiger partial charge on any atom is -0.448 e. The fourth-order valence-corrected chi connectivity index (χ4v) is 0.267. The molecule has 0 saturated carbocycles. The quantitative estimate of drug-likeness (QED) is 0.272. The molecule has 8 heavy (non-hydrogen) atoms. The van der Waals surface area contributed by atoms with Crippen molar-refractivity contribution in [2.75, 3.05) is 12.2 Å². The predicted molar refractivity (Wildman–Crippen MR) is 28.6 cm³/mol. The van der Waals surface area contributed by atoms with Crippen molar-refractivity contribution in [3.8, 4) is 0 Å². The smallest absolute Gasteiger partial charge is 0.448 e. The molecule has 0 rings (SSSR count). The van der Waals surface area contributed by atoms with Gasteiger partial charge in [0.15, 0.2) is 0 Å². The second-order valence-corrected chi connectivity index (χ2v) is 1.69. The molecule has 5 heteroatoms. The molecule has 0 atom stereocenters. The molecule has 0 aliphatic heterocycles. The molecule has 0 aliphatic rings. The molecule has 0 heterocycles. The van der Waals surface area contributed by atoms with Crippen LogP contribution in [0, 0.1) is 0 Å². The molecule has 0 amide bonds. The zero-order valence-corrected chi connectivity index (χ0v) is 5.10. The maximum atomic E-state index is 9.52. The van der Waals surface area contributed by atoms with Gasteiger partial charge in [0.05, 0.1) is 0 Å². The summed E-state index contributed by atoms with van der Waals surface area (Å²) in [7, 11) is 0. The van der Waals surface area contributed by atoms with Crippen molar-refractivity contribution in [1.29, 1.82) is 0 Å². The van der Waals surface area contributed by atoms with Gasteiger partial charge in [-0.25, -0.2) is 4.79 Å². The van der Waals surface area contributed by atoms with E-state index in [4.69, 9.17) is 5.11 Å². The number of rotatable bonds is 3. The van der Waals surface area contributed by atoms with Crippen LogP contribution in [0.4, 0.5) is 4.79 Å². The van der Waals surface area contributed by atoms with Crippen LogP contribution in [0.5, 0.6) is 0 Å². The molecule has 0 aromatic rings. The van der Waals surface area contributed by atoms with Crippen LogP contribution < -0.4 is 0 Å². The molecule has 0 fully saturated rings. The summed E-state index contributed by atoms with van der Waals surface area (Å²) in [4.78, 5) is 17.3. The van der Waals surface area contributed by atoms with E-state index in [0.717, 1.165) is 0 Å². The van der Waals surface area contributed by atoms with Crippen LogP contribution >= 0.6 is 11.8 Å². The highest BCUT2D eigenvalue weighted by Crippen LogP contribution is 1.91. The molecule has 4 nitrogen and oxygen atoms in total. The normalized spacial score (nSPS) is 8.62. The Morgan fingerprint density at radius 3 is 2.88 bits per heavy atom. The third-order valence-electron chi connectivity index (χ3n) is 0.296. The highest BCUT2D eigenvalue weighted by atomic mass is 32.2. The Hall–Kier alpha value is -0.420. The summed E-state index contributed by atoms with van der Waals surface area (Å²) in [5, 5.41) is 7.78. The monoisotopic (exact) mass is 138 g/mol. The summed E-state index contributed by atoms with van der Waals surface area (Å²) in [6.07, 6.45) is 0.352. The Bertz CT molecular complexity index is 73.7. The van der Waals surface area contributed by atoms with E-state index < -0.39 is 6.16 Å². The highest BCUT2D eigenvalue weighted by Gasteiger charge is 1.93. The fourth-order valence-electron chi connectivity index (χ4n) is 0.123. The molecule has 0 bridgehead atoms. The summed E-state index contributed by atoms with van der Waals surface area (Å²) < 4.78 is 0. The predicted octanol–water partition coefficient (Wildman–Crippen LogP) is 0.933. The Kier molecular flexibility index (Phi) is 4.48. The van der Waals surface area contributed by atoms with Crippen molar-refractivity contribution >= 4 is 17.9 Å². The first-order valence-corrected chi connectivity index (χ1v) is 3.18. The second kappa shape index (κ2) is 4.73. The number of carbonyl (C=O) groups is 1. The molecule has 1 N–H and O–H groups in total. The van der Waals surface area contributed by atoms with Crippen LogP contribution in [-0.4, -0.2) is 23.5 Å². The molecular formula is C3H6O4S. The number of hydrogen-bond donors (Lipinski definition) is 1. The van der Waals surface area contributed by atoms with E-state index in [-0.39, 0.29) is 5.94 Å². The van der Waals surface area contributed by atoms with Gasteiger partial charge in [-0.15, -0.1) is 11.8 Å². The van der Waals surface area contributed by atoms with Crippen molar-refractivity contribution in [2.45, 2.75) is 0 Å². The summed E-state index contributed by atoms with van der Waals surface area (Å²) in [5.41, 5.74) is 0. The average molecular weight is 138 g/mol. The highest BCUT2D eigenvalue weighted by molar-refractivity contribution is 7.98. The molecule has 0 aliphatic carbocycles. The molecule has 0 unspecified atom stereocenters. The molecule has 0 saturated heterocycles. The zero-order valence-electron chi connectivity index (χ0n) is 4.29. The SMILES string of the molecule is CSCOOC(=O)O. The van der Waals surface area contributed by atoms with E-state index in [0.29, 0.717) is 0 Å². The van der Waals surface area contributed by atoms with E-state index in [1.165, 1.54) is 11.8 Å². The molecule has 0 radical (unpaired) electrons. The lowest BCUT2D eigenvalue weighted by molar-refractivity contribution is -0.233. The Labute approximate surface area is 50.7 Å². The van der Waals surface area contributed by atoms with Gasteiger partial charge in [0, 0.05) is 0 Å². The third kappa shape index (κ3) is 5.58. The van der Waals surface area contributed by atoms with Gasteiger partial charge in [0.25, 0.3) is 0 Å². The lowest BCUT2D eigenvalue weighted by Crippen LogP contribution is -2.00. The number of thioether (sulfide) groups is 1. The maximum absolute atomic E-state index is 9.52. The average Bonchev–Trinajstić information content (AvgIpc) is 1.66. The minimum atomic E-state index is -1.42. The number of carboxylic acid groups (broad SMARTS) is 1. The summed E-state index contributed by atoms with van der Waals surface area (Å²) in [6, 6.07) is 0. The van der Waals surface area contributed by atoms with E-state index in [9.17, 15) is 4.79 Å². The zero-order chi connectivity index (χ0) is 6.41. The van der Waals surface area contributed by atoms with Gasteiger partial charge < -0.3 is 5.11 Å². The molecule has 48 valence electrons.